The van der Waals surface area contributed by atoms with E-state index in [-0.39, 0.29) is 0 Å². The van der Waals surface area contributed by atoms with Crippen LogP contribution >= 0.6 is 0 Å². The highest BCUT2D eigenvalue weighted by Crippen LogP contribution is 2.31. The molecule has 0 saturated carbocycles. The fourth-order valence-electron chi connectivity index (χ4n) is 2.91. The van der Waals surface area contributed by atoms with Gasteiger partial charge in [0.1, 0.15) is 0 Å². The maximum Gasteiger partial charge on any atom is 0.224 e. The highest BCUT2D eigenvalue weighted by atomic mass is 15.2. The van der Waals surface area contributed by atoms with Crippen molar-refractivity contribution in [3.05, 3.63) is 53.5 Å². The van der Waals surface area contributed by atoms with Crippen LogP contribution < -0.4 is 9.80 Å². The third kappa shape index (κ3) is 3.02. The topological polar surface area (TPSA) is 45.2 Å². The Morgan fingerprint density at radius 1 is 0.958 bits per heavy atom. The van der Waals surface area contributed by atoms with Crippen molar-refractivity contribution in [2.24, 2.45) is 0 Å². The first kappa shape index (κ1) is 16.2. The zero-order valence-corrected chi connectivity index (χ0v) is 14.9. The van der Waals surface area contributed by atoms with E-state index < -0.39 is 0 Å². The van der Waals surface area contributed by atoms with E-state index >= 15 is 0 Å². The van der Waals surface area contributed by atoms with Crippen molar-refractivity contribution in [3.8, 4) is 0 Å². The molecule has 2 heterocycles. The molecule has 0 radical (unpaired) electrons. The second-order valence-corrected chi connectivity index (χ2v) is 6.33. The second kappa shape index (κ2) is 6.43. The lowest BCUT2D eigenvalue weighted by molar-refractivity contribution is 0.889. The van der Waals surface area contributed by atoms with Crippen LogP contribution in [0.4, 0.5) is 11.6 Å². The predicted molar refractivity (Wildman–Crippen MR) is 99.7 cm³/mol. The van der Waals surface area contributed by atoms with Crippen molar-refractivity contribution in [2.45, 2.75) is 20.4 Å². The number of aryl methyl sites for hydroxylation is 1. The number of hydrogen-bond acceptors (Lipinski definition) is 5. The third-order valence-electron chi connectivity index (χ3n) is 4.24. The van der Waals surface area contributed by atoms with Crippen molar-refractivity contribution < 1.29 is 0 Å². The van der Waals surface area contributed by atoms with Crippen LogP contribution in [0.1, 0.15) is 16.8 Å². The Labute approximate surface area is 143 Å². The van der Waals surface area contributed by atoms with Crippen LogP contribution in [-0.4, -0.2) is 36.1 Å². The number of pyridine rings is 1. The minimum Gasteiger partial charge on any atom is -0.369 e. The minimum absolute atomic E-state index is 0.725. The molecule has 0 saturated heterocycles. The number of anilines is 2. The maximum absolute atomic E-state index is 4.70. The van der Waals surface area contributed by atoms with Gasteiger partial charge in [0.15, 0.2) is 0 Å². The number of para-hydroxylation sites is 1. The van der Waals surface area contributed by atoms with Gasteiger partial charge in [-0.15, -0.1) is 0 Å². The summed E-state index contributed by atoms with van der Waals surface area (Å²) >= 11 is 0. The summed E-state index contributed by atoms with van der Waals surface area (Å²) in [5.41, 5.74) is 5.61. The van der Waals surface area contributed by atoms with Crippen molar-refractivity contribution in [1.82, 2.24) is 15.0 Å². The van der Waals surface area contributed by atoms with Gasteiger partial charge in [0.05, 0.1) is 11.2 Å². The first-order valence-electron chi connectivity index (χ1n) is 8.02. The molecule has 0 atom stereocenters. The van der Waals surface area contributed by atoms with Crippen LogP contribution in [0.25, 0.3) is 10.9 Å². The van der Waals surface area contributed by atoms with Gasteiger partial charge in [0.2, 0.25) is 5.95 Å². The molecular formula is C19H23N5. The van der Waals surface area contributed by atoms with E-state index in [4.69, 9.17) is 4.98 Å². The lowest BCUT2D eigenvalue weighted by atomic mass is 10.1. The Kier molecular flexibility index (Phi) is 4.34. The number of fused-ring (bicyclic) bond motifs is 1. The molecule has 0 aliphatic heterocycles. The smallest absolute Gasteiger partial charge is 0.224 e. The highest BCUT2D eigenvalue weighted by Gasteiger charge is 2.13. The Morgan fingerprint density at radius 3 is 2.29 bits per heavy atom. The summed E-state index contributed by atoms with van der Waals surface area (Å²) < 4.78 is 0. The van der Waals surface area contributed by atoms with E-state index in [9.17, 15) is 0 Å². The van der Waals surface area contributed by atoms with Crippen LogP contribution in [0, 0.1) is 13.8 Å². The average Bonchev–Trinajstić information content (AvgIpc) is 2.56. The lowest BCUT2D eigenvalue weighted by Gasteiger charge is -2.24. The van der Waals surface area contributed by atoms with E-state index in [1.807, 2.05) is 37.5 Å². The number of aromatic nitrogens is 3. The molecule has 2 aromatic heterocycles. The fourth-order valence-corrected chi connectivity index (χ4v) is 2.91. The van der Waals surface area contributed by atoms with E-state index in [1.165, 1.54) is 16.6 Å². The van der Waals surface area contributed by atoms with Crippen LogP contribution in [0.5, 0.6) is 0 Å². The molecule has 0 amide bonds. The average molecular weight is 321 g/mol. The molecule has 0 unspecified atom stereocenters. The van der Waals surface area contributed by atoms with Crippen molar-refractivity contribution in [2.75, 3.05) is 30.9 Å². The van der Waals surface area contributed by atoms with Crippen LogP contribution in [0.15, 0.2) is 36.7 Å². The largest absolute Gasteiger partial charge is 0.369 e. The summed E-state index contributed by atoms with van der Waals surface area (Å²) in [6.45, 7) is 4.95. The van der Waals surface area contributed by atoms with Crippen molar-refractivity contribution in [3.63, 3.8) is 0 Å². The SMILES string of the molecule is Cc1nc2ccccc2c(N(C)Cc2cnc(N(C)C)nc2)c1C. The number of hydrogen-bond donors (Lipinski definition) is 0. The summed E-state index contributed by atoms with van der Waals surface area (Å²) in [5.74, 6) is 0.725. The molecule has 1 aromatic carbocycles. The van der Waals surface area contributed by atoms with Gasteiger partial charge in [-0.3, -0.25) is 4.98 Å². The summed E-state index contributed by atoms with van der Waals surface area (Å²) in [5, 5.41) is 1.17. The quantitative estimate of drug-likeness (QED) is 0.737. The molecule has 3 aromatic rings. The number of rotatable bonds is 4. The Hall–Kier alpha value is -2.69. The first-order chi connectivity index (χ1) is 11.5. The third-order valence-corrected chi connectivity index (χ3v) is 4.24. The molecule has 0 fully saturated rings. The Balaban J connectivity index is 1.96. The molecule has 0 aliphatic carbocycles. The van der Waals surface area contributed by atoms with Gasteiger partial charge in [-0.1, -0.05) is 18.2 Å². The van der Waals surface area contributed by atoms with E-state index in [1.54, 1.807) is 0 Å². The van der Waals surface area contributed by atoms with Crippen LogP contribution in [0.2, 0.25) is 0 Å². The summed E-state index contributed by atoms with van der Waals surface area (Å²) in [7, 11) is 5.99. The van der Waals surface area contributed by atoms with E-state index in [0.717, 1.165) is 29.3 Å². The molecule has 0 spiro atoms. The van der Waals surface area contributed by atoms with Gasteiger partial charge in [-0.05, 0) is 25.5 Å². The lowest BCUT2D eigenvalue weighted by Crippen LogP contribution is -2.19. The van der Waals surface area contributed by atoms with Crippen molar-refractivity contribution >= 4 is 22.5 Å². The zero-order valence-electron chi connectivity index (χ0n) is 14.9. The summed E-state index contributed by atoms with van der Waals surface area (Å²) in [4.78, 5) is 17.7. The summed E-state index contributed by atoms with van der Waals surface area (Å²) in [6, 6.07) is 8.28. The monoisotopic (exact) mass is 321 g/mol. The van der Waals surface area contributed by atoms with Crippen molar-refractivity contribution in [1.29, 1.82) is 0 Å². The van der Waals surface area contributed by atoms with Gasteiger partial charge in [0, 0.05) is 56.7 Å². The fraction of sp³-hybridized carbons (Fsp3) is 0.316. The van der Waals surface area contributed by atoms with E-state index in [2.05, 4.69) is 54.0 Å². The zero-order chi connectivity index (χ0) is 17.3. The number of benzene rings is 1. The molecular weight excluding hydrogens is 298 g/mol. The van der Waals surface area contributed by atoms with Gasteiger partial charge in [-0.25, -0.2) is 9.97 Å². The Morgan fingerprint density at radius 2 is 1.62 bits per heavy atom. The van der Waals surface area contributed by atoms with Gasteiger partial charge < -0.3 is 9.80 Å². The molecule has 3 rings (SSSR count). The standard InChI is InChI=1S/C19H23N5/c1-13-14(2)22-17-9-7-6-8-16(17)18(13)24(5)12-15-10-20-19(21-11-15)23(3)4/h6-11H,12H2,1-5H3. The van der Waals surface area contributed by atoms with Gasteiger partial charge in [0.25, 0.3) is 0 Å². The molecule has 5 nitrogen and oxygen atoms in total. The molecule has 24 heavy (non-hydrogen) atoms. The normalized spacial score (nSPS) is 10.9. The van der Waals surface area contributed by atoms with Gasteiger partial charge in [-0.2, -0.15) is 0 Å². The van der Waals surface area contributed by atoms with Crippen LogP contribution in [-0.2, 0) is 6.54 Å². The van der Waals surface area contributed by atoms with Gasteiger partial charge >= 0.3 is 0 Å². The molecule has 124 valence electrons. The highest BCUT2D eigenvalue weighted by molar-refractivity contribution is 5.93. The first-order valence-corrected chi connectivity index (χ1v) is 8.02. The minimum atomic E-state index is 0.725. The van der Waals surface area contributed by atoms with Crippen LogP contribution in [0.3, 0.4) is 0 Å². The molecule has 0 aliphatic rings. The predicted octanol–water partition coefficient (Wildman–Crippen LogP) is 3.34. The molecule has 0 N–H and O–H groups in total. The Bertz CT molecular complexity index is 856. The second-order valence-electron chi connectivity index (χ2n) is 6.33. The maximum atomic E-state index is 4.70. The number of nitrogens with zero attached hydrogens (tertiary/aromatic N) is 5. The molecule has 5 heteroatoms. The summed E-state index contributed by atoms with van der Waals surface area (Å²) in [6.07, 6.45) is 3.79. The van der Waals surface area contributed by atoms with E-state index in [0.29, 0.717) is 0 Å². The molecule has 0 bridgehead atoms.